The molecule has 0 unspecified atom stereocenters. The molecule has 0 saturated heterocycles. The van der Waals surface area contributed by atoms with Crippen LogP contribution in [0.25, 0.3) is 0 Å². The van der Waals surface area contributed by atoms with Gasteiger partial charge in [0.05, 0.1) is 32.0 Å². The zero-order valence-electron chi connectivity index (χ0n) is 21.3. The van der Waals surface area contributed by atoms with E-state index < -0.39 is 16.7 Å². The Balaban J connectivity index is 4.49. The number of carbonyl (C=O) groups excluding carboxylic acids is 2. The van der Waals surface area contributed by atoms with Gasteiger partial charge in [-0.25, -0.2) is 0 Å². The molecule has 2 amide bonds. The van der Waals surface area contributed by atoms with E-state index in [1.807, 2.05) is 27.7 Å². The molecule has 0 aromatic heterocycles. The molecule has 0 aromatic rings. The number of methoxy groups -OCH3 is 1. The first-order valence-electron chi connectivity index (χ1n) is 10.9. The van der Waals surface area contributed by atoms with Crippen molar-refractivity contribution in [2.24, 2.45) is 0 Å². The van der Waals surface area contributed by atoms with Crippen molar-refractivity contribution in [1.29, 1.82) is 0 Å². The smallest absolute Gasteiger partial charge is 0.253 e. The quantitative estimate of drug-likeness (QED) is 0.127. The molecule has 10 heteroatoms. The van der Waals surface area contributed by atoms with Gasteiger partial charge in [0.15, 0.2) is 0 Å². The summed E-state index contributed by atoms with van der Waals surface area (Å²) in [4.78, 5) is 25.1. The van der Waals surface area contributed by atoms with Crippen LogP contribution in [0.3, 0.4) is 0 Å². The molecule has 0 aliphatic carbocycles. The normalized spacial score (nSPS) is 13.2. The van der Waals surface area contributed by atoms with Crippen molar-refractivity contribution in [3.05, 3.63) is 0 Å². The van der Waals surface area contributed by atoms with Gasteiger partial charge in [-0.1, -0.05) is 0 Å². The second-order valence-corrected chi connectivity index (χ2v) is 10.2. The van der Waals surface area contributed by atoms with E-state index in [1.54, 1.807) is 34.8 Å². The van der Waals surface area contributed by atoms with Crippen LogP contribution in [-0.4, -0.2) is 74.4 Å². The first kappa shape index (κ1) is 31.1. The van der Waals surface area contributed by atoms with Crippen molar-refractivity contribution in [2.45, 2.75) is 90.6 Å². The molecule has 32 heavy (non-hydrogen) atoms. The highest BCUT2D eigenvalue weighted by Crippen LogP contribution is 2.19. The van der Waals surface area contributed by atoms with Crippen LogP contribution in [0.4, 0.5) is 0 Å². The second kappa shape index (κ2) is 13.7. The average molecular weight is 481 g/mol. The number of ether oxygens (including phenoxy) is 4. The highest BCUT2D eigenvalue weighted by Gasteiger charge is 2.34. The fourth-order valence-corrected chi connectivity index (χ4v) is 2.44. The molecule has 9 nitrogen and oxygen atoms in total. The second-order valence-electron chi connectivity index (χ2n) is 9.91. The predicted octanol–water partition coefficient (Wildman–Crippen LogP) is 2.63. The summed E-state index contributed by atoms with van der Waals surface area (Å²) in [7, 11) is 1.65. The number of carbonyl (C=O) groups is 2. The van der Waals surface area contributed by atoms with Crippen LogP contribution < -0.4 is 10.6 Å². The Morgan fingerprint density at radius 2 is 1.31 bits per heavy atom. The lowest BCUT2D eigenvalue weighted by atomic mass is 9.98. The minimum Gasteiger partial charge on any atom is -0.379 e. The molecule has 2 N–H and O–H groups in total. The van der Waals surface area contributed by atoms with E-state index in [9.17, 15) is 9.59 Å². The molecule has 0 saturated carbocycles. The maximum atomic E-state index is 12.8. The summed E-state index contributed by atoms with van der Waals surface area (Å²) in [6.45, 7) is 16.0. The van der Waals surface area contributed by atoms with E-state index in [4.69, 9.17) is 18.9 Å². The fourth-order valence-electron chi connectivity index (χ4n) is 2.36. The Hall–Kier alpha value is -0.910. The first-order valence-corrected chi connectivity index (χ1v) is 11.2. The van der Waals surface area contributed by atoms with Crippen LogP contribution in [0.2, 0.25) is 0 Å². The first-order chi connectivity index (χ1) is 14.6. The SMILES string of the molecule is COC(C)(C)CCOC(C)(C)C(=O)NC(C)(C)CCOC(C)(C)C(=O)NCOCCOS. The molecular formula is C22H44N2O7S. The molecular weight excluding hydrogens is 436 g/mol. The highest BCUT2D eigenvalue weighted by atomic mass is 32.1. The lowest BCUT2D eigenvalue weighted by Gasteiger charge is -2.34. The molecule has 0 spiro atoms. The van der Waals surface area contributed by atoms with Crippen molar-refractivity contribution < 1.29 is 32.7 Å². The topological polar surface area (TPSA) is 104 Å². The van der Waals surface area contributed by atoms with Gasteiger partial charge >= 0.3 is 0 Å². The van der Waals surface area contributed by atoms with Gasteiger partial charge in [0, 0.05) is 12.6 Å². The summed E-state index contributed by atoms with van der Waals surface area (Å²) in [5.41, 5.74) is -2.89. The minimum atomic E-state index is -1.04. The maximum absolute atomic E-state index is 12.8. The third kappa shape index (κ3) is 13.0. The van der Waals surface area contributed by atoms with Crippen LogP contribution in [-0.2, 0) is 32.7 Å². The fraction of sp³-hybridized carbons (Fsp3) is 0.909. The third-order valence-corrected chi connectivity index (χ3v) is 5.29. The molecule has 0 radical (unpaired) electrons. The van der Waals surface area contributed by atoms with Gasteiger partial charge in [-0.3, -0.25) is 9.59 Å². The van der Waals surface area contributed by atoms with E-state index in [-0.39, 0.29) is 30.8 Å². The average Bonchev–Trinajstić information content (AvgIpc) is 2.66. The molecule has 0 rings (SSSR count). The summed E-state index contributed by atoms with van der Waals surface area (Å²) in [5, 5.41) is 5.67. The number of rotatable bonds is 17. The monoisotopic (exact) mass is 480 g/mol. The molecule has 0 aliphatic rings. The van der Waals surface area contributed by atoms with E-state index in [0.29, 0.717) is 32.7 Å². The number of hydrogen-bond donors (Lipinski definition) is 3. The van der Waals surface area contributed by atoms with Crippen molar-refractivity contribution >= 4 is 24.7 Å². The van der Waals surface area contributed by atoms with Crippen LogP contribution >= 0.6 is 12.9 Å². The standard InChI is InChI=1S/C22H44N2O7S/c1-19(2,24-18(26)22(7,8)30-13-11-20(3,4)27-9)10-12-29-21(5,6)17(25)23-16-28-14-15-31-32/h32H,10-16H2,1-9H3,(H,23,25)(H,24,26). The van der Waals surface area contributed by atoms with Gasteiger partial charge in [0.1, 0.15) is 17.9 Å². The molecule has 0 bridgehead atoms. The van der Waals surface area contributed by atoms with Gasteiger partial charge < -0.3 is 33.8 Å². The lowest BCUT2D eigenvalue weighted by molar-refractivity contribution is -0.148. The van der Waals surface area contributed by atoms with Gasteiger partial charge in [-0.15, -0.1) is 0 Å². The Kier molecular flexibility index (Phi) is 13.3. The zero-order chi connectivity index (χ0) is 25.1. The van der Waals surface area contributed by atoms with Gasteiger partial charge in [-0.05, 0) is 81.1 Å². The Morgan fingerprint density at radius 1 is 0.781 bits per heavy atom. The van der Waals surface area contributed by atoms with Crippen LogP contribution in [0, 0.1) is 0 Å². The lowest BCUT2D eigenvalue weighted by Crippen LogP contribution is -2.53. The minimum absolute atomic E-state index is 0.0565. The van der Waals surface area contributed by atoms with Crippen LogP contribution in [0.5, 0.6) is 0 Å². The summed E-state index contributed by atoms with van der Waals surface area (Å²) in [6.07, 6.45) is 1.18. The molecule has 0 atom stereocenters. The van der Waals surface area contributed by atoms with Crippen LogP contribution in [0.15, 0.2) is 0 Å². The highest BCUT2D eigenvalue weighted by molar-refractivity contribution is 7.75. The summed E-state index contributed by atoms with van der Waals surface area (Å²) < 4.78 is 26.8. The summed E-state index contributed by atoms with van der Waals surface area (Å²) in [5.74, 6) is -0.503. The predicted molar refractivity (Wildman–Crippen MR) is 127 cm³/mol. The zero-order valence-corrected chi connectivity index (χ0v) is 22.1. The molecule has 0 aliphatic heterocycles. The van der Waals surface area contributed by atoms with E-state index >= 15 is 0 Å². The van der Waals surface area contributed by atoms with Crippen molar-refractivity contribution in [1.82, 2.24) is 10.6 Å². The Labute approximate surface area is 199 Å². The maximum Gasteiger partial charge on any atom is 0.253 e. The Morgan fingerprint density at radius 3 is 1.84 bits per heavy atom. The van der Waals surface area contributed by atoms with Crippen molar-refractivity contribution in [3.63, 3.8) is 0 Å². The van der Waals surface area contributed by atoms with E-state index in [0.717, 1.165) is 0 Å². The van der Waals surface area contributed by atoms with Gasteiger partial charge in [0.25, 0.3) is 11.8 Å². The largest absolute Gasteiger partial charge is 0.379 e. The van der Waals surface area contributed by atoms with Crippen LogP contribution in [0.1, 0.15) is 68.2 Å². The van der Waals surface area contributed by atoms with Crippen molar-refractivity contribution in [2.75, 3.05) is 40.3 Å². The number of thiol groups is 1. The third-order valence-electron chi connectivity index (χ3n) is 5.11. The van der Waals surface area contributed by atoms with Gasteiger partial charge in [0.2, 0.25) is 0 Å². The number of hydrogen-bond acceptors (Lipinski definition) is 8. The van der Waals surface area contributed by atoms with Gasteiger partial charge in [-0.2, -0.15) is 0 Å². The summed E-state index contributed by atoms with van der Waals surface area (Å²) >= 11 is 3.61. The number of nitrogens with one attached hydrogen (secondary N) is 2. The van der Waals surface area contributed by atoms with E-state index in [1.165, 1.54) is 0 Å². The number of amides is 2. The molecule has 0 aromatic carbocycles. The summed E-state index contributed by atoms with van der Waals surface area (Å²) in [6, 6.07) is 0. The van der Waals surface area contributed by atoms with E-state index in [2.05, 4.69) is 27.7 Å². The molecule has 0 fully saturated rings. The van der Waals surface area contributed by atoms with Crippen molar-refractivity contribution in [3.8, 4) is 0 Å². The molecule has 0 heterocycles. The molecule has 190 valence electrons. The Bertz CT molecular complexity index is 581.